The predicted octanol–water partition coefficient (Wildman–Crippen LogP) is 4.65. The number of hydrogen-bond acceptors (Lipinski definition) is 6. The van der Waals surface area contributed by atoms with Crippen molar-refractivity contribution in [2.75, 3.05) is 16.8 Å². The number of carbonyl (C=O) groups excluding carboxylic acids is 3. The quantitative estimate of drug-likeness (QED) is 0.252. The van der Waals surface area contributed by atoms with Crippen molar-refractivity contribution in [2.45, 2.75) is 46.1 Å². The molecule has 204 valence electrons. The topological polar surface area (TPSA) is 144 Å². The smallest absolute Gasteiger partial charge is 0.395 e. The van der Waals surface area contributed by atoms with Gasteiger partial charge in [-0.2, -0.15) is 0 Å². The molecule has 39 heavy (non-hydrogen) atoms. The molecule has 0 heterocycles. The van der Waals surface area contributed by atoms with E-state index in [2.05, 4.69) is 5.32 Å². The number of aromatic carboxylic acids is 1. The normalized spacial score (nSPS) is 11.5. The minimum atomic E-state index is -1.76. The highest BCUT2D eigenvalue weighted by molar-refractivity contribution is 6.40. The summed E-state index contributed by atoms with van der Waals surface area (Å²) in [5.41, 5.74) is 0.323. The van der Waals surface area contributed by atoms with Gasteiger partial charge in [-0.3, -0.25) is 24.2 Å². The van der Waals surface area contributed by atoms with Crippen molar-refractivity contribution in [1.29, 1.82) is 0 Å². The standard InChI is InChI=1S/C29H31N3O7/c1-4-5-10-17-31(19(3)33)26(34)18(2)30-23-15-16-25(21-12-7-6-11-20(21)23)32(27(35)29(38)39)24-14-9-8-13-22(24)28(36)37/h6-9,11-16,18,30H,4-5,10,17H2,1-3H3,(H,36,37)(H,38,39)/t18-/m0/s1. The van der Waals surface area contributed by atoms with Crippen LogP contribution in [0.15, 0.2) is 60.7 Å². The third kappa shape index (κ3) is 6.40. The number of nitrogens with zero attached hydrogens (tertiary/aromatic N) is 2. The van der Waals surface area contributed by atoms with Crippen LogP contribution in [0.4, 0.5) is 17.1 Å². The van der Waals surface area contributed by atoms with Gasteiger partial charge in [-0.25, -0.2) is 9.59 Å². The minimum absolute atomic E-state index is 0.101. The number of rotatable bonds is 10. The van der Waals surface area contributed by atoms with Gasteiger partial charge in [0.1, 0.15) is 6.04 Å². The number of amides is 3. The Bertz CT molecular complexity index is 1420. The first-order valence-electron chi connectivity index (χ1n) is 12.6. The number of imide groups is 1. The molecule has 0 aromatic heterocycles. The molecule has 0 radical (unpaired) electrons. The maximum Gasteiger partial charge on any atom is 0.395 e. The van der Waals surface area contributed by atoms with Crippen molar-refractivity contribution < 1.29 is 34.2 Å². The number of para-hydroxylation sites is 1. The molecule has 3 amide bonds. The van der Waals surface area contributed by atoms with Gasteiger partial charge < -0.3 is 15.5 Å². The lowest BCUT2D eigenvalue weighted by Gasteiger charge is -2.27. The molecule has 3 N–H and O–H groups in total. The van der Waals surface area contributed by atoms with Gasteiger partial charge in [-0.15, -0.1) is 0 Å². The highest BCUT2D eigenvalue weighted by atomic mass is 16.4. The van der Waals surface area contributed by atoms with Crippen molar-refractivity contribution in [3.8, 4) is 0 Å². The van der Waals surface area contributed by atoms with Gasteiger partial charge in [0.2, 0.25) is 5.91 Å². The van der Waals surface area contributed by atoms with Crippen molar-refractivity contribution in [3.05, 3.63) is 66.2 Å². The van der Waals surface area contributed by atoms with Crippen LogP contribution in [0.1, 0.15) is 50.4 Å². The Hall–Kier alpha value is -4.73. The average molecular weight is 534 g/mol. The van der Waals surface area contributed by atoms with E-state index in [9.17, 15) is 34.2 Å². The lowest BCUT2D eigenvalue weighted by atomic mass is 10.0. The van der Waals surface area contributed by atoms with Crippen molar-refractivity contribution >= 4 is 57.5 Å². The van der Waals surface area contributed by atoms with Crippen LogP contribution >= 0.6 is 0 Å². The maximum absolute atomic E-state index is 13.1. The molecule has 10 heteroatoms. The van der Waals surface area contributed by atoms with Crippen LogP contribution in [0.2, 0.25) is 0 Å². The summed E-state index contributed by atoms with van der Waals surface area (Å²) in [5, 5.41) is 23.4. The molecule has 3 aromatic rings. The first-order valence-corrected chi connectivity index (χ1v) is 12.6. The fourth-order valence-corrected chi connectivity index (χ4v) is 4.37. The second-order valence-electron chi connectivity index (χ2n) is 9.03. The first-order chi connectivity index (χ1) is 18.6. The van der Waals surface area contributed by atoms with Crippen LogP contribution < -0.4 is 10.2 Å². The second kappa shape index (κ2) is 12.7. The second-order valence-corrected chi connectivity index (χ2v) is 9.03. The van der Waals surface area contributed by atoms with Crippen LogP contribution in [0, 0.1) is 0 Å². The Labute approximate surface area is 225 Å². The van der Waals surface area contributed by atoms with Crippen LogP contribution in [0.5, 0.6) is 0 Å². The molecule has 0 fully saturated rings. The zero-order valence-corrected chi connectivity index (χ0v) is 22.0. The molecule has 10 nitrogen and oxygen atoms in total. The first kappa shape index (κ1) is 28.8. The lowest BCUT2D eigenvalue weighted by Crippen LogP contribution is -2.44. The maximum atomic E-state index is 13.1. The summed E-state index contributed by atoms with van der Waals surface area (Å²) in [6.45, 7) is 5.35. The van der Waals surface area contributed by atoms with E-state index in [4.69, 9.17) is 0 Å². The largest absolute Gasteiger partial charge is 0.478 e. The van der Waals surface area contributed by atoms with Crippen LogP contribution in [-0.4, -0.2) is 57.4 Å². The molecule has 0 aliphatic heterocycles. The van der Waals surface area contributed by atoms with Gasteiger partial charge >= 0.3 is 17.8 Å². The number of hydrogen-bond donors (Lipinski definition) is 3. The van der Waals surface area contributed by atoms with Gasteiger partial charge in [-0.1, -0.05) is 56.2 Å². The molecule has 0 spiro atoms. The molecule has 3 aromatic carbocycles. The average Bonchev–Trinajstić information content (AvgIpc) is 2.91. The van der Waals surface area contributed by atoms with Gasteiger partial charge in [0.25, 0.3) is 5.91 Å². The van der Waals surface area contributed by atoms with E-state index in [-0.39, 0.29) is 28.8 Å². The SMILES string of the molecule is CCCCCN(C(C)=O)C(=O)[C@H](C)Nc1ccc(N(C(=O)C(=O)O)c2ccccc2C(=O)O)c2ccccc12. The van der Waals surface area contributed by atoms with Crippen molar-refractivity contribution in [1.82, 2.24) is 4.90 Å². The minimum Gasteiger partial charge on any atom is -0.478 e. The Kier molecular flexibility index (Phi) is 9.38. The number of unbranched alkanes of at least 4 members (excludes halogenated alkanes) is 2. The molecule has 3 rings (SSSR count). The highest BCUT2D eigenvalue weighted by Gasteiger charge is 2.30. The zero-order valence-electron chi connectivity index (χ0n) is 22.0. The molecule has 0 unspecified atom stereocenters. The van der Waals surface area contributed by atoms with Crippen LogP contribution in [0.25, 0.3) is 10.8 Å². The van der Waals surface area contributed by atoms with Crippen LogP contribution in [0.3, 0.4) is 0 Å². The summed E-state index contributed by atoms with van der Waals surface area (Å²) < 4.78 is 0. The lowest BCUT2D eigenvalue weighted by molar-refractivity contribution is -0.148. The van der Waals surface area contributed by atoms with Gasteiger partial charge in [0.15, 0.2) is 0 Å². The molecule has 0 aliphatic carbocycles. The monoisotopic (exact) mass is 533 g/mol. The van der Waals surface area contributed by atoms with Crippen LogP contribution in [-0.2, 0) is 19.2 Å². The van der Waals surface area contributed by atoms with E-state index in [1.54, 1.807) is 37.3 Å². The molecule has 0 saturated heterocycles. The number of carboxylic acid groups (broad SMARTS) is 2. The number of nitrogens with one attached hydrogen (secondary N) is 1. The van der Waals surface area contributed by atoms with Gasteiger partial charge in [0, 0.05) is 29.9 Å². The Morgan fingerprint density at radius 2 is 1.49 bits per heavy atom. The molecular formula is C29H31N3O7. The number of anilines is 3. The van der Waals surface area contributed by atoms with Crippen molar-refractivity contribution in [2.24, 2.45) is 0 Å². The molecule has 0 aliphatic rings. The zero-order chi connectivity index (χ0) is 28.7. The van der Waals surface area contributed by atoms with Gasteiger partial charge in [-0.05, 0) is 37.6 Å². The highest BCUT2D eigenvalue weighted by Crippen LogP contribution is 2.37. The molecule has 0 bridgehead atoms. The predicted molar refractivity (Wildman–Crippen MR) is 147 cm³/mol. The van der Waals surface area contributed by atoms with Gasteiger partial charge in [0.05, 0.1) is 16.9 Å². The fourth-order valence-electron chi connectivity index (χ4n) is 4.37. The van der Waals surface area contributed by atoms with E-state index in [0.717, 1.165) is 17.7 Å². The fraction of sp³-hybridized carbons (Fsp3) is 0.276. The third-order valence-electron chi connectivity index (χ3n) is 6.28. The summed E-state index contributed by atoms with van der Waals surface area (Å²) in [6.07, 6.45) is 2.55. The van der Waals surface area contributed by atoms with E-state index in [1.807, 2.05) is 6.92 Å². The summed E-state index contributed by atoms with van der Waals surface area (Å²) in [4.78, 5) is 63.9. The van der Waals surface area contributed by atoms with E-state index in [0.29, 0.717) is 29.4 Å². The Morgan fingerprint density at radius 3 is 2.10 bits per heavy atom. The number of carboxylic acids is 2. The molecular weight excluding hydrogens is 502 g/mol. The summed E-state index contributed by atoms with van der Waals surface area (Å²) in [5.74, 6) is -5.14. The van der Waals surface area contributed by atoms with Crippen molar-refractivity contribution in [3.63, 3.8) is 0 Å². The number of carbonyl (C=O) groups is 5. The third-order valence-corrected chi connectivity index (χ3v) is 6.28. The summed E-state index contributed by atoms with van der Waals surface area (Å²) >= 11 is 0. The number of benzene rings is 3. The number of aliphatic carboxylic acids is 1. The molecule has 1 atom stereocenters. The Balaban J connectivity index is 2.07. The summed E-state index contributed by atoms with van der Waals surface area (Å²) in [6, 6.07) is 14.8. The molecule has 0 saturated carbocycles. The van der Waals surface area contributed by atoms with E-state index >= 15 is 0 Å². The summed E-state index contributed by atoms with van der Waals surface area (Å²) in [7, 11) is 0. The van der Waals surface area contributed by atoms with E-state index in [1.165, 1.54) is 42.2 Å². The Morgan fingerprint density at radius 1 is 0.846 bits per heavy atom. The number of fused-ring (bicyclic) bond motifs is 1. The van der Waals surface area contributed by atoms with E-state index < -0.39 is 23.9 Å².